The van der Waals surface area contributed by atoms with Crippen molar-refractivity contribution in [3.05, 3.63) is 59.2 Å². The number of hydrogen-bond acceptors (Lipinski definition) is 2. The van der Waals surface area contributed by atoms with Crippen LogP contribution in [0.4, 0.5) is 11.4 Å². The summed E-state index contributed by atoms with van der Waals surface area (Å²) in [7, 11) is 0. The smallest absolute Gasteiger partial charge is 0.255 e. The maximum atomic E-state index is 12.7. The Balaban J connectivity index is 1.81. The molecule has 1 aliphatic rings. The zero-order valence-corrected chi connectivity index (χ0v) is 17.5. The van der Waals surface area contributed by atoms with E-state index in [-0.39, 0.29) is 23.1 Å². The highest BCUT2D eigenvalue weighted by Crippen LogP contribution is 2.31. The topological polar surface area (TPSA) is 49.4 Å². The lowest BCUT2D eigenvalue weighted by atomic mass is 9.87. The molecule has 0 aliphatic carbocycles. The molecule has 4 heteroatoms. The van der Waals surface area contributed by atoms with Gasteiger partial charge in [0.1, 0.15) is 0 Å². The number of fused-ring (bicyclic) bond motifs is 1. The van der Waals surface area contributed by atoms with Crippen LogP contribution in [0.2, 0.25) is 0 Å². The molecule has 4 nitrogen and oxygen atoms in total. The van der Waals surface area contributed by atoms with Gasteiger partial charge in [-0.3, -0.25) is 9.59 Å². The van der Waals surface area contributed by atoms with Crippen LogP contribution in [0.15, 0.2) is 42.5 Å². The molecular formula is C24H30N2O2. The van der Waals surface area contributed by atoms with Crippen LogP contribution in [0.3, 0.4) is 0 Å². The average Bonchev–Trinajstić information content (AvgIpc) is 2.66. The second-order valence-corrected chi connectivity index (χ2v) is 8.87. The maximum absolute atomic E-state index is 12.7. The molecule has 1 N–H and O–H groups in total. The van der Waals surface area contributed by atoms with Crippen LogP contribution in [-0.4, -0.2) is 18.4 Å². The molecule has 0 aromatic heterocycles. The third-order valence-electron chi connectivity index (χ3n) is 5.23. The molecule has 0 radical (unpaired) electrons. The number of aryl methyl sites for hydroxylation is 1. The van der Waals surface area contributed by atoms with Crippen molar-refractivity contribution in [2.24, 2.45) is 5.92 Å². The highest BCUT2D eigenvalue weighted by atomic mass is 16.2. The zero-order valence-electron chi connectivity index (χ0n) is 17.5. The van der Waals surface area contributed by atoms with Gasteiger partial charge in [0.2, 0.25) is 5.91 Å². The van der Waals surface area contributed by atoms with Crippen molar-refractivity contribution < 1.29 is 9.59 Å². The Morgan fingerprint density at radius 2 is 1.71 bits per heavy atom. The monoisotopic (exact) mass is 378 g/mol. The fourth-order valence-electron chi connectivity index (χ4n) is 3.52. The van der Waals surface area contributed by atoms with Crippen molar-refractivity contribution in [2.75, 3.05) is 16.8 Å². The van der Waals surface area contributed by atoms with E-state index < -0.39 is 0 Å². The lowest BCUT2D eigenvalue weighted by Crippen LogP contribution is -2.38. The summed E-state index contributed by atoms with van der Waals surface area (Å²) in [6, 6.07) is 13.6. The Bertz CT molecular complexity index is 876. The molecule has 0 bridgehead atoms. The van der Waals surface area contributed by atoms with Crippen LogP contribution >= 0.6 is 0 Å². The predicted octanol–water partition coefficient (Wildman–Crippen LogP) is 5.17. The van der Waals surface area contributed by atoms with Gasteiger partial charge in [-0.05, 0) is 53.6 Å². The van der Waals surface area contributed by atoms with Gasteiger partial charge in [0.25, 0.3) is 5.91 Å². The first-order valence-electron chi connectivity index (χ1n) is 10.0. The van der Waals surface area contributed by atoms with E-state index in [4.69, 9.17) is 0 Å². The number of amides is 2. The molecule has 0 saturated heterocycles. The van der Waals surface area contributed by atoms with E-state index in [9.17, 15) is 9.59 Å². The Labute approximate surface area is 167 Å². The second-order valence-electron chi connectivity index (χ2n) is 8.87. The van der Waals surface area contributed by atoms with Crippen LogP contribution in [0, 0.1) is 5.92 Å². The van der Waals surface area contributed by atoms with Gasteiger partial charge in [-0.2, -0.15) is 0 Å². The predicted molar refractivity (Wildman–Crippen MR) is 115 cm³/mol. The van der Waals surface area contributed by atoms with E-state index in [1.165, 1.54) is 5.56 Å². The minimum Gasteiger partial charge on any atom is -0.322 e. The molecule has 2 amide bonds. The van der Waals surface area contributed by atoms with Crippen LogP contribution in [0.5, 0.6) is 0 Å². The van der Waals surface area contributed by atoms with Crippen molar-refractivity contribution >= 4 is 23.2 Å². The van der Waals surface area contributed by atoms with Crippen molar-refractivity contribution in [2.45, 2.75) is 52.9 Å². The molecule has 0 unspecified atom stereocenters. The first-order valence-corrected chi connectivity index (χ1v) is 10.0. The van der Waals surface area contributed by atoms with E-state index in [1.54, 1.807) is 0 Å². The maximum Gasteiger partial charge on any atom is 0.255 e. The Morgan fingerprint density at radius 3 is 2.32 bits per heavy atom. The molecule has 0 spiro atoms. The van der Waals surface area contributed by atoms with Gasteiger partial charge in [-0.15, -0.1) is 0 Å². The molecule has 1 heterocycles. The molecule has 0 saturated carbocycles. The van der Waals surface area contributed by atoms with E-state index in [2.05, 4.69) is 26.1 Å². The molecule has 0 fully saturated rings. The zero-order chi connectivity index (χ0) is 20.5. The SMILES string of the molecule is CC(C)C(=O)N1CCCc2ccc(NC(=O)c3ccc(C(C)(C)C)cc3)cc21. The Morgan fingerprint density at radius 1 is 1.04 bits per heavy atom. The molecule has 0 atom stereocenters. The summed E-state index contributed by atoms with van der Waals surface area (Å²) in [5.41, 5.74) is 4.67. The quantitative estimate of drug-likeness (QED) is 0.801. The summed E-state index contributed by atoms with van der Waals surface area (Å²) in [5.74, 6) is -0.0642. The van der Waals surface area contributed by atoms with E-state index >= 15 is 0 Å². The van der Waals surface area contributed by atoms with Crippen molar-refractivity contribution in [3.8, 4) is 0 Å². The number of nitrogens with zero attached hydrogens (tertiary/aromatic N) is 1. The Kier molecular flexibility index (Phi) is 5.59. The minimum atomic E-state index is -0.141. The fraction of sp³-hybridized carbons (Fsp3) is 0.417. The molecule has 3 rings (SSSR count). The number of benzene rings is 2. The summed E-state index contributed by atoms with van der Waals surface area (Å²) in [6.45, 7) is 11.0. The number of carbonyl (C=O) groups is 2. The Hall–Kier alpha value is -2.62. The molecular weight excluding hydrogens is 348 g/mol. The summed E-state index contributed by atoms with van der Waals surface area (Å²) in [6.07, 6.45) is 1.93. The van der Waals surface area contributed by atoms with E-state index in [1.807, 2.05) is 61.2 Å². The normalized spacial score (nSPS) is 14.0. The number of nitrogens with one attached hydrogen (secondary N) is 1. The number of anilines is 2. The summed E-state index contributed by atoms with van der Waals surface area (Å²) >= 11 is 0. The lowest BCUT2D eigenvalue weighted by Gasteiger charge is -2.31. The summed E-state index contributed by atoms with van der Waals surface area (Å²) in [4.78, 5) is 27.1. The molecule has 2 aromatic rings. The third kappa shape index (κ3) is 4.27. The molecule has 28 heavy (non-hydrogen) atoms. The molecule has 148 valence electrons. The van der Waals surface area contributed by atoms with Crippen molar-refractivity contribution in [3.63, 3.8) is 0 Å². The van der Waals surface area contributed by atoms with Gasteiger partial charge in [0.05, 0.1) is 0 Å². The number of rotatable bonds is 3. The van der Waals surface area contributed by atoms with E-state index in [0.29, 0.717) is 11.3 Å². The minimum absolute atomic E-state index is 0.0504. The van der Waals surface area contributed by atoms with Gasteiger partial charge in [0.15, 0.2) is 0 Å². The third-order valence-corrected chi connectivity index (χ3v) is 5.23. The fourth-order valence-corrected chi connectivity index (χ4v) is 3.52. The van der Waals surface area contributed by atoms with E-state index in [0.717, 1.165) is 30.6 Å². The van der Waals surface area contributed by atoms with Gasteiger partial charge < -0.3 is 10.2 Å². The standard InChI is InChI=1S/C24H30N2O2/c1-16(2)23(28)26-14-6-7-17-10-13-20(15-21(17)26)25-22(27)18-8-11-19(12-9-18)24(3,4)5/h8-13,15-16H,6-7,14H2,1-5H3,(H,25,27). The number of hydrogen-bond donors (Lipinski definition) is 1. The van der Waals surface area contributed by atoms with Gasteiger partial charge in [0, 0.05) is 29.4 Å². The van der Waals surface area contributed by atoms with Crippen LogP contribution in [0.25, 0.3) is 0 Å². The highest BCUT2D eigenvalue weighted by molar-refractivity contribution is 6.05. The largest absolute Gasteiger partial charge is 0.322 e. The molecule has 1 aliphatic heterocycles. The van der Waals surface area contributed by atoms with Crippen molar-refractivity contribution in [1.29, 1.82) is 0 Å². The summed E-state index contributed by atoms with van der Waals surface area (Å²) in [5, 5.41) is 2.98. The number of carbonyl (C=O) groups excluding carboxylic acids is 2. The first kappa shape index (κ1) is 20.1. The van der Waals surface area contributed by atoms with Crippen LogP contribution in [0.1, 0.15) is 62.5 Å². The molecule has 2 aromatic carbocycles. The van der Waals surface area contributed by atoms with Crippen LogP contribution < -0.4 is 10.2 Å². The van der Waals surface area contributed by atoms with Crippen LogP contribution in [-0.2, 0) is 16.6 Å². The average molecular weight is 379 g/mol. The van der Waals surface area contributed by atoms with Crippen molar-refractivity contribution in [1.82, 2.24) is 0 Å². The lowest BCUT2D eigenvalue weighted by molar-refractivity contribution is -0.121. The van der Waals surface area contributed by atoms with Gasteiger partial charge in [-0.1, -0.05) is 52.8 Å². The second kappa shape index (κ2) is 7.78. The first-order chi connectivity index (χ1) is 13.2. The van der Waals surface area contributed by atoms with Gasteiger partial charge >= 0.3 is 0 Å². The van der Waals surface area contributed by atoms with Gasteiger partial charge in [-0.25, -0.2) is 0 Å². The summed E-state index contributed by atoms with van der Waals surface area (Å²) < 4.78 is 0. The highest BCUT2D eigenvalue weighted by Gasteiger charge is 2.25.